The van der Waals surface area contributed by atoms with E-state index in [0.717, 1.165) is 28.1 Å². The van der Waals surface area contributed by atoms with Crippen LogP contribution in [0.1, 0.15) is 25.2 Å². The van der Waals surface area contributed by atoms with E-state index < -0.39 is 0 Å². The van der Waals surface area contributed by atoms with Gasteiger partial charge in [0.15, 0.2) is 0 Å². The van der Waals surface area contributed by atoms with Gasteiger partial charge >= 0.3 is 0 Å². The summed E-state index contributed by atoms with van der Waals surface area (Å²) in [7, 11) is 0. The van der Waals surface area contributed by atoms with Crippen LogP contribution in [0.2, 0.25) is 0 Å². The number of hydrogen-bond acceptors (Lipinski definition) is 3. The Morgan fingerprint density at radius 1 is 1.53 bits per heavy atom. The molecular weight excluding hydrogens is 280 g/mol. The maximum atomic E-state index is 5.71. The van der Waals surface area contributed by atoms with Crippen molar-refractivity contribution in [2.24, 2.45) is 0 Å². The van der Waals surface area contributed by atoms with E-state index in [2.05, 4.69) is 38.1 Å². The Labute approximate surface area is 109 Å². The smallest absolute Gasteiger partial charge is 0.128 e. The van der Waals surface area contributed by atoms with E-state index in [4.69, 9.17) is 5.73 Å². The molecule has 5 heteroatoms. The second-order valence-electron chi connectivity index (χ2n) is 3.82. The zero-order chi connectivity index (χ0) is 12.3. The van der Waals surface area contributed by atoms with E-state index in [-0.39, 0.29) is 6.04 Å². The molecule has 17 heavy (non-hydrogen) atoms. The van der Waals surface area contributed by atoms with Crippen LogP contribution in [-0.4, -0.2) is 9.97 Å². The van der Waals surface area contributed by atoms with Gasteiger partial charge in [-0.3, -0.25) is 0 Å². The van der Waals surface area contributed by atoms with Crippen LogP contribution in [-0.2, 0) is 0 Å². The monoisotopic (exact) mass is 294 g/mol. The molecule has 1 aromatic carbocycles. The number of imidazole rings is 1. The second kappa shape index (κ2) is 5.23. The van der Waals surface area contributed by atoms with Crippen LogP contribution < -0.4 is 11.1 Å². The first kappa shape index (κ1) is 12.0. The molecule has 4 N–H and O–H groups in total. The molecule has 0 aliphatic heterocycles. The lowest BCUT2D eigenvalue weighted by atomic mass is 10.2. The van der Waals surface area contributed by atoms with Gasteiger partial charge in [-0.1, -0.05) is 6.92 Å². The zero-order valence-electron chi connectivity index (χ0n) is 9.57. The van der Waals surface area contributed by atoms with Crippen LogP contribution >= 0.6 is 15.9 Å². The molecule has 0 saturated heterocycles. The number of aromatic nitrogens is 2. The van der Waals surface area contributed by atoms with Gasteiger partial charge in [0.05, 0.1) is 6.04 Å². The number of nitrogens with two attached hydrogens (primary N) is 1. The number of anilines is 2. The van der Waals surface area contributed by atoms with E-state index in [1.807, 2.05) is 24.4 Å². The molecule has 1 aromatic heterocycles. The molecule has 90 valence electrons. The minimum absolute atomic E-state index is 0.171. The third kappa shape index (κ3) is 2.79. The lowest BCUT2D eigenvalue weighted by Crippen LogP contribution is -2.11. The van der Waals surface area contributed by atoms with Crippen molar-refractivity contribution in [2.45, 2.75) is 19.4 Å². The van der Waals surface area contributed by atoms with E-state index >= 15 is 0 Å². The van der Waals surface area contributed by atoms with Crippen LogP contribution in [0.15, 0.2) is 35.1 Å². The minimum Gasteiger partial charge on any atom is -0.399 e. The van der Waals surface area contributed by atoms with Gasteiger partial charge in [-0.15, -0.1) is 0 Å². The lowest BCUT2D eigenvalue weighted by molar-refractivity contribution is 0.703. The van der Waals surface area contributed by atoms with Crippen molar-refractivity contribution >= 4 is 27.3 Å². The number of rotatable bonds is 4. The fourth-order valence-corrected chi connectivity index (χ4v) is 2.18. The number of benzene rings is 1. The first-order valence-corrected chi connectivity index (χ1v) is 6.31. The first-order chi connectivity index (χ1) is 8.20. The highest BCUT2D eigenvalue weighted by molar-refractivity contribution is 9.10. The Hall–Kier alpha value is -1.49. The summed E-state index contributed by atoms with van der Waals surface area (Å²) in [4.78, 5) is 7.40. The van der Waals surface area contributed by atoms with Crippen molar-refractivity contribution in [3.8, 4) is 0 Å². The van der Waals surface area contributed by atoms with Gasteiger partial charge in [-0.25, -0.2) is 4.98 Å². The lowest BCUT2D eigenvalue weighted by Gasteiger charge is -2.17. The Morgan fingerprint density at radius 2 is 2.35 bits per heavy atom. The second-order valence-corrected chi connectivity index (χ2v) is 4.67. The third-order valence-electron chi connectivity index (χ3n) is 2.58. The predicted octanol–water partition coefficient (Wildman–Crippen LogP) is 3.32. The van der Waals surface area contributed by atoms with Crippen molar-refractivity contribution in [2.75, 3.05) is 11.1 Å². The van der Waals surface area contributed by atoms with Gasteiger partial charge in [0, 0.05) is 28.2 Å². The van der Waals surface area contributed by atoms with Gasteiger partial charge < -0.3 is 16.0 Å². The topological polar surface area (TPSA) is 66.7 Å². The molecule has 0 fully saturated rings. The summed E-state index contributed by atoms with van der Waals surface area (Å²) in [6.45, 7) is 2.12. The Bertz CT molecular complexity index is 481. The van der Waals surface area contributed by atoms with E-state index in [9.17, 15) is 0 Å². The number of halogens is 1. The Kier molecular flexibility index (Phi) is 3.68. The molecule has 0 spiro atoms. The highest BCUT2D eigenvalue weighted by Crippen LogP contribution is 2.28. The van der Waals surface area contributed by atoms with Crippen LogP contribution in [0.25, 0.3) is 0 Å². The molecule has 0 saturated carbocycles. The van der Waals surface area contributed by atoms with Gasteiger partial charge in [0.25, 0.3) is 0 Å². The third-order valence-corrected chi connectivity index (χ3v) is 3.24. The summed E-state index contributed by atoms with van der Waals surface area (Å²) in [5, 5.41) is 3.43. The molecule has 2 aromatic rings. The van der Waals surface area contributed by atoms with Crippen LogP contribution in [0.4, 0.5) is 11.4 Å². The molecule has 4 nitrogen and oxygen atoms in total. The summed E-state index contributed by atoms with van der Waals surface area (Å²) in [6.07, 6.45) is 4.54. The minimum atomic E-state index is 0.171. The summed E-state index contributed by atoms with van der Waals surface area (Å²) >= 11 is 3.49. The quantitative estimate of drug-likeness (QED) is 0.758. The van der Waals surface area contributed by atoms with Crippen LogP contribution in [0.5, 0.6) is 0 Å². The molecule has 1 atom stereocenters. The number of H-pyrrole nitrogens is 1. The normalized spacial score (nSPS) is 12.4. The Morgan fingerprint density at radius 3 is 2.94 bits per heavy atom. The van der Waals surface area contributed by atoms with Gasteiger partial charge in [-0.2, -0.15) is 0 Å². The molecule has 0 radical (unpaired) electrons. The predicted molar refractivity (Wildman–Crippen MR) is 73.8 cm³/mol. The highest BCUT2D eigenvalue weighted by Gasteiger charge is 2.12. The van der Waals surface area contributed by atoms with E-state index in [1.54, 1.807) is 6.20 Å². The summed E-state index contributed by atoms with van der Waals surface area (Å²) in [6, 6.07) is 5.90. The van der Waals surface area contributed by atoms with Gasteiger partial charge in [-0.05, 0) is 40.5 Å². The molecule has 0 bridgehead atoms. The maximum absolute atomic E-state index is 5.71. The van der Waals surface area contributed by atoms with Crippen molar-refractivity contribution in [3.05, 3.63) is 40.9 Å². The van der Waals surface area contributed by atoms with Gasteiger partial charge in [0.2, 0.25) is 0 Å². The zero-order valence-corrected chi connectivity index (χ0v) is 11.2. The molecule has 0 amide bonds. The van der Waals surface area contributed by atoms with E-state index in [1.165, 1.54) is 0 Å². The summed E-state index contributed by atoms with van der Waals surface area (Å²) in [5.41, 5.74) is 7.47. The van der Waals surface area contributed by atoms with Crippen LogP contribution in [0.3, 0.4) is 0 Å². The average Bonchev–Trinajstić information content (AvgIpc) is 2.81. The number of hydrogen-bond donors (Lipinski definition) is 3. The first-order valence-electron chi connectivity index (χ1n) is 5.51. The summed E-state index contributed by atoms with van der Waals surface area (Å²) in [5.74, 6) is 0.941. The highest BCUT2D eigenvalue weighted by atomic mass is 79.9. The fourth-order valence-electron chi connectivity index (χ4n) is 1.67. The average molecular weight is 295 g/mol. The molecule has 1 heterocycles. The fraction of sp³-hybridized carbons (Fsp3) is 0.250. The Balaban J connectivity index is 2.19. The molecular formula is C12H15BrN4. The summed E-state index contributed by atoms with van der Waals surface area (Å²) < 4.78 is 0.961. The van der Waals surface area contributed by atoms with Crippen molar-refractivity contribution < 1.29 is 0 Å². The number of aromatic amines is 1. The molecule has 2 rings (SSSR count). The molecule has 1 unspecified atom stereocenters. The van der Waals surface area contributed by atoms with Crippen molar-refractivity contribution in [1.82, 2.24) is 9.97 Å². The standard InChI is InChI=1S/C12H15BrN4/c1-2-10(12-15-5-6-16-12)17-11-4-3-8(14)7-9(11)13/h3-7,10,17H,2,14H2,1H3,(H,15,16). The van der Waals surface area contributed by atoms with E-state index in [0.29, 0.717) is 0 Å². The number of nitrogen functional groups attached to an aromatic ring is 1. The largest absolute Gasteiger partial charge is 0.399 e. The van der Waals surface area contributed by atoms with Gasteiger partial charge in [0.1, 0.15) is 5.82 Å². The number of nitrogens with zero attached hydrogens (tertiary/aromatic N) is 1. The number of nitrogens with one attached hydrogen (secondary N) is 2. The maximum Gasteiger partial charge on any atom is 0.128 e. The van der Waals surface area contributed by atoms with Crippen molar-refractivity contribution in [3.63, 3.8) is 0 Å². The van der Waals surface area contributed by atoms with Crippen LogP contribution in [0, 0.1) is 0 Å². The molecule has 0 aliphatic rings. The molecule has 0 aliphatic carbocycles. The SMILES string of the molecule is CCC(Nc1ccc(N)cc1Br)c1ncc[nH]1. The van der Waals surface area contributed by atoms with Crippen molar-refractivity contribution in [1.29, 1.82) is 0 Å².